The van der Waals surface area contributed by atoms with Crippen molar-refractivity contribution in [2.75, 3.05) is 19.8 Å². The molecule has 0 aliphatic carbocycles. The maximum absolute atomic E-state index is 12.4. The van der Waals surface area contributed by atoms with Crippen molar-refractivity contribution < 1.29 is 76.9 Å². The third kappa shape index (κ3) is 10.0. The molecule has 0 amide bonds. The minimum atomic E-state index is -2.09. The monoisotopic (exact) mass is 664 g/mol. The molecule has 0 spiro atoms. The van der Waals surface area contributed by atoms with Crippen LogP contribution in [0.4, 0.5) is 0 Å². The topological polar surface area (TPSA) is 217 Å². The number of ether oxygens (including phenoxy) is 8. The summed E-state index contributed by atoms with van der Waals surface area (Å²) in [5.74, 6) is -5.89. The van der Waals surface area contributed by atoms with Crippen molar-refractivity contribution in [2.45, 2.75) is 60.9 Å². The lowest BCUT2D eigenvalue weighted by Crippen LogP contribution is -2.63. The van der Waals surface area contributed by atoms with Gasteiger partial charge in [-0.3, -0.25) is 0 Å². The van der Waals surface area contributed by atoms with Crippen molar-refractivity contribution in [3.8, 4) is 0 Å². The second-order valence-corrected chi connectivity index (χ2v) is 9.87. The maximum atomic E-state index is 12.4. The fourth-order valence-corrected chi connectivity index (χ4v) is 4.77. The van der Waals surface area contributed by atoms with Gasteiger partial charge in [0.1, 0.15) is 55.9 Å². The first kappa shape index (κ1) is 38.3. The molecule has 0 aromatic carbocycles. The minimum Gasteiger partial charge on any atom is -0.460 e. The quantitative estimate of drug-likeness (QED) is 0.114. The van der Waals surface area contributed by atoms with Gasteiger partial charge in [0, 0.05) is 42.9 Å². The summed E-state index contributed by atoms with van der Waals surface area (Å²) in [4.78, 5) is 72.8. The van der Waals surface area contributed by atoms with E-state index >= 15 is 0 Å². The van der Waals surface area contributed by atoms with Crippen molar-refractivity contribution >= 4 is 35.8 Å². The van der Waals surface area contributed by atoms with Gasteiger partial charge in [-0.05, 0) is 0 Å². The van der Waals surface area contributed by atoms with Crippen molar-refractivity contribution in [1.29, 1.82) is 0 Å². The van der Waals surface area contributed by atoms with Crippen LogP contribution in [-0.4, -0.2) is 120 Å². The Morgan fingerprint density at radius 1 is 0.574 bits per heavy atom. The molecule has 2 saturated heterocycles. The van der Waals surface area contributed by atoms with E-state index < -0.39 is 116 Å². The molecule has 0 bridgehead atoms. The average Bonchev–Trinajstić information content (AvgIpc) is 3.32. The summed E-state index contributed by atoms with van der Waals surface area (Å²) in [5.41, 5.74) is -2.09. The highest BCUT2D eigenvalue weighted by molar-refractivity contribution is 5.83. The Hall–Kier alpha value is -4.90. The van der Waals surface area contributed by atoms with E-state index in [0.29, 0.717) is 0 Å². The second-order valence-electron chi connectivity index (χ2n) is 9.87. The number of esters is 6. The molecule has 2 heterocycles. The van der Waals surface area contributed by atoms with E-state index in [9.17, 15) is 39.0 Å². The van der Waals surface area contributed by atoms with Crippen LogP contribution in [0.5, 0.6) is 0 Å². The van der Waals surface area contributed by atoms with Crippen LogP contribution in [0.25, 0.3) is 0 Å². The lowest BCUT2D eigenvalue weighted by Gasteiger charge is -2.46. The Morgan fingerprint density at radius 2 is 1.00 bits per heavy atom. The van der Waals surface area contributed by atoms with Gasteiger partial charge in [0.25, 0.3) is 0 Å². The van der Waals surface area contributed by atoms with E-state index in [4.69, 9.17) is 37.9 Å². The highest BCUT2D eigenvalue weighted by atomic mass is 16.7. The molecule has 16 heteroatoms. The first-order chi connectivity index (χ1) is 22.3. The van der Waals surface area contributed by atoms with Gasteiger partial charge in [0.15, 0.2) is 18.3 Å². The average molecular weight is 665 g/mol. The van der Waals surface area contributed by atoms with Crippen LogP contribution in [0.1, 0.15) is 6.42 Å². The van der Waals surface area contributed by atoms with Gasteiger partial charge >= 0.3 is 35.8 Å². The zero-order chi connectivity index (χ0) is 35.3. The van der Waals surface area contributed by atoms with Gasteiger partial charge in [-0.1, -0.05) is 39.5 Å². The van der Waals surface area contributed by atoms with Crippen LogP contribution in [0, 0.1) is 0 Å². The number of aliphatic hydroxyl groups excluding tert-OH is 2. The third-order valence-electron chi connectivity index (χ3n) is 6.88. The molecule has 2 fully saturated rings. The van der Waals surface area contributed by atoms with E-state index in [0.717, 1.165) is 36.5 Å². The van der Waals surface area contributed by atoms with Crippen LogP contribution >= 0.6 is 0 Å². The summed E-state index contributed by atoms with van der Waals surface area (Å²) in [6.45, 7) is 17.8. The number of hydrogen-bond acceptors (Lipinski definition) is 16. The highest BCUT2D eigenvalue weighted by Crippen LogP contribution is 2.41. The molecule has 9 unspecified atom stereocenters. The van der Waals surface area contributed by atoms with E-state index in [2.05, 4.69) is 39.5 Å². The van der Waals surface area contributed by atoms with Crippen LogP contribution in [0.15, 0.2) is 75.9 Å². The molecule has 0 aromatic heterocycles. The number of rotatable bonds is 17. The summed E-state index contributed by atoms with van der Waals surface area (Å²) in [7, 11) is 0. The van der Waals surface area contributed by atoms with E-state index in [-0.39, 0.29) is 0 Å². The molecule has 9 atom stereocenters. The van der Waals surface area contributed by atoms with Gasteiger partial charge in [-0.2, -0.15) is 0 Å². The lowest BCUT2D eigenvalue weighted by molar-refractivity contribution is -0.258. The normalized spacial score (nSPS) is 29.5. The molecular formula is C31H36O16. The fraction of sp³-hybridized carbons (Fsp3) is 0.419. The van der Waals surface area contributed by atoms with Crippen LogP contribution in [0.3, 0.4) is 0 Å². The first-order valence-electron chi connectivity index (χ1n) is 13.9. The van der Waals surface area contributed by atoms with Gasteiger partial charge in [-0.25, -0.2) is 28.8 Å². The van der Waals surface area contributed by atoms with E-state index in [1.54, 1.807) is 0 Å². The number of hydrogen-bond donors (Lipinski definition) is 2. The Kier molecular flexibility index (Phi) is 14.4. The van der Waals surface area contributed by atoms with Crippen molar-refractivity contribution in [3.05, 3.63) is 75.9 Å². The Labute approximate surface area is 269 Å². The summed E-state index contributed by atoms with van der Waals surface area (Å²) < 4.78 is 43.5. The lowest BCUT2D eigenvalue weighted by atomic mass is 9.83. The predicted molar refractivity (Wildman–Crippen MR) is 157 cm³/mol. The van der Waals surface area contributed by atoms with Gasteiger partial charge in [0.2, 0.25) is 0 Å². The smallest absolute Gasteiger partial charge is 0.330 e. The largest absolute Gasteiger partial charge is 0.460 e. The molecular weight excluding hydrogens is 628 g/mol. The Morgan fingerprint density at radius 3 is 1.49 bits per heavy atom. The molecule has 0 radical (unpaired) electrons. The molecule has 0 aromatic rings. The molecule has 47 heavy (non-hydrogen) atoms. The van der Waals surface area contributed by atoms with Crippen molar-refractivity contribution in [2.24, 2.45) is 0 Å². The molecule has 0 saturated carbocycles. The Balaban J connectivity index is 2.68. The zero-order valence-corrected chi connectivity index (χ0v) is 25.3. The molecule has 2 aliphatic heterocycles. The fourth-order valence-electron chi connectivity index (χ4n) is 4.77. The maximum Gasteiger partial charge on any atom is 0.330 e. The SMILES string of the molecule is C=CC(=O)OCC1OC(COC(=O)C=C)(CC2OC(COC(=O)C=C)C(OC(=O)C=C)C(O)C2OC(=O)C=C)C(OC(=O)C=C)C1O. The van der Waals surface area contributed by atoms with Gasteiger partial charge in [0.05, 0.1) is 0 Å². The first-order valence-corrected chi connectivity index (χ1v) is 13.9. The van der Waals surface area contributed by atoms with Gasteiger partial charge in [-0.15, -0.1) is 0 Å². The Bertz CT molecular complexity index is 1270. The minimum absolute atomic E-state index is 0.603. The molecule has 2 N–H and O–H groups in total. The zero-order valence-electron chi connectivity index (χ0n) is 25.3. The molecule has 2 rings (SSSR count). The van der Waals surface area contributed by atoms with Crippen LogP contribution in [-0.2, 0) is 66.7 Å². The highest BCUT2D eigenvalue weighted by Gasteiger charge is 2.61. The van der Waals surface area contributed by atoms with Crippen molar-refractivity contribution in [3.63, 3.8) is 0 Å². The van der Waals surface area contributed by atoms with E-state index in [1.807, 2.05) is 0 Å². The second kappa shape index (κ2) is 17.7. The summed E-state index contributed by atoms with van der Waals surface area (Å²) in [6.07, 6.45) is -8.86. The van der Waals surface area contributed by atoms with E-state index in [1.165, 1.54) is 0 Å². The molecule has 16 nitrogen and oxygen atoms in total. The standard InChI is InChI=1S/C31H36O16/c1-7-20(32)40-14-18-26(38)30(46-25(37)12-6)31(47-18,16-42-22(34)9-3)13-17-28(44-23(35)10-4)27(39)29(45-24(36)11-5)19(43-17)15-41-21(33)8-2/h7-12,17-19,26-30,38-39H,1-6,13-16H2. The van der Waals surface area contributed by atoms with Crippen LogP contribution in [0.2, 0.25) is 0 Å². The van der Waals surface area contributed by atoms with Crippen LogP contribution < -0.4 is 0 Å². The predicted octanol–water partition coefficient (Wildman–Crippen LogP) is -0.516. The van der Waals surface area contributed by atoms with Gasteiger partial charge < -0.3 is 48.1 Å². The third-order valence-corrected chi connectivity index (χ3v) is 6.88. The number of carbonyl (C=O) groups is 6. The summed E-state index contributed by atoms with van der Waals surface area (Å²) in [5, 5.41) is 22.6. The number of aliphatic hydroxyl groups is 2. The summed E-state index contributed by atoms with van der Waals surface area (Å²) >= 11 is 0. The number of carbonyl (C=O) groups excluding carboxylic acids is 6. The van der Waals surface area contributed by atoms with Crippen molar-refractivity contribution in [1.82, 2.24) is 0 Å². The summed E-state index contributed by atoms with van der Waals surface area (Å²) in [6, 6.07) is 0. The molecule has 2 aliphatic rings. The molecule has 256 valence electrons.